The highest BCUT2D eigenvalue weighted by Gasteiger charge is 2.15. The van der Waals surface area contributed by atoms with Crippen LogP contribution in [0.15, 0.2) is 163 Å². The molecule has 0 aromatic heterocycles. The van der Waals surface area contributed by atoms with E-state index in [0.717, 1.165) is 39.6 Å². The lowest BCUT2D eigenvalue weighted by Gasteiger charge is -2.27. The second kappa shape index (κ2) is 11.7. The summed E-state index contributed by atoms with van der Waals surface area (Å²) in [5.41, 5.74) is 10.3. The van der Waals surface area contributed by atoms with Crippen molar-refractivity contribution in [3.63, 3.8) is 0 Å². The second-order valence-corrected chi connectivity index (χ2v) is 9.85. The standard InChI is InChI=1S/C37H29N3O/c1-39(33-20-18-32(38-41)19-21-33)34-22-24-35(25-23-34)40(36-16-8-14-30(26-36)28-10-4-2-5-11-28)37-17-9-15-31(27-37)29-12-6-3-7-13-29/h2-27H,1H3. The maximum absolute atomic E-state index is 10.8. The molecule has 0 unspecified atom stereocenters. The van der Waals surface area contributed by atoms with Crippen molar-refractivity contribution >= 4 is 34.1 Å². The molecule has 0 spiro atoms. The predicted octanol–water partition coefficient (Wildman–Crippen LogP) is 10.7. The highest BCUT2D eigenvalue weighted by molar-refractivity contribution is 5.83. The summed E-state index contributed by atoms with van der Waals surface area (Å²) >= 11 is 0. The van der Waals surface area contributed by atoms with Gasteiger partial charge in [0.1, 0.15) is 5.69 Å². The number of anilines is 5. The highest BCUT2D eigenvalue weighted by atomic mass is 16.3. The number of nitroso groups, excluding NO2 is 1. The lowest BCUT2D eigenvalue weighted by Crippen LogP contribution is -2.12. The van der Waals surface area contributed by atoms with Crippen molar-refractivity contribution in [2.24, 2.45) is 5.18 Å². The molecule has 0 saturated heterocycles. The van der Waals surface area contributed by atoms with Crippen LogP contribution >= 0.6 is 0 Å². The number of hydrogen-bond donors (Lipinski definition) is 0. The quantitative estimate of drug-likeness (QED) is 0.183. The largest absolute Gasteiger partial charge is 0.345 e. The van der Waals surface area contributed by atoms with Crippen molar-refractivity contribution in [2.45, 2.75) is 0 Å². The first-order valence-corrected chi connectivity index (χ1v) is 13.6. The van der Waals surface area contributed by atoms with Gasteiger partial charge in [-0.3, -0.25) is 0 Å². The molecular formula is C37H29N3O. The molecule has 41 heavy (non-hydrogen) atoms. The molecule has 6 aromatic carbocycles. The number of nitrogens with zero attached hydrogens (tertiary/aromatic N) is 3. The van der Waals surface area contributed by atoms with Crippen molar-refractivity contribution < 1.29 is 0 Å². The van der Waals surface area contributed by atoms with E-state index in [0.29, 0.717) is 5.69 Å². The molecule has 198 valence electrons. The summed E-state index contributed by atoms with van der Waals surface area (Å²) in [6.07, 6.45) is 0. The van der Waals surface area contributed by atoms with Gasteiger partial charge in [-0.2, -0.15) is 0 Å². The topological polar surface area (TPSA) is 35.9 Å². The average Bonchev–Trinajstić information content (AvgIpc) is 3.06. The van der Waals surface area contributed by atoms with Gasteiger partial charge in [0, 0.05) is 35.5 Å². The predicted molar refractivity (Wildman–Crippen MR) is 172 cm³/mol. The zero-order chi connectivity index (χ0) is 28.0. The van der Waals surface area contributed by atoms with Crippen LogP contribution in [0.4, 0.5) is 34.1 Å². The molecule has 0 atom stereocenters. The van der Waals surface area contributed by atoms with Crippen LogP contribution in [-0.2, 0) is 0 Å². The minimum atomic E-state index is 0.420. The van der Waals surface area contributed by atoms with Crippen LogP contribution < -0.4 is 9.80 Å². The summed E-state index contributed by atoms with van der Waals surface area (Å²) in [6, 6.07) is 54.1. The Morgan fingerprint density at radius 2 is 0.829 bits per heavy atom. The molecule has 0 heterocycles. The Balaban J connectivity index is 1.41. The van der Waals surface area contributed by atoms with E-state index < -0.39 is 0 Å². The summed E-state index contributed by atoms with van der Waals surface area (Å²) in [4.78, 5) is 15.2. The molecule has 0 N–H and O–H groups in total. The molecule has 0 fully saturated rings. The monoisotopic (exact) mass is 531 g/mol. The number of hydrogen-bond acceptors (Lipinski definition) is 4. The minimum Gasteiger partial charge on any atom is -0.345 e. The Labute approximate surface area is 240 Å². The molecule has 6 rings (SSSR count). The SMILES string of the molecule is CN(c1ccc(N=O)cc1)c1ccc(N(c2cccc(-c3ccccc3)c2)c2cccc(-c3ccccc3)c2)cc1. The van der Waals surface area contributed by atoms with Crippen molar-refractivity contribution in [3.8, 4) is 22.3 Å². The van der Waals surface area contributed by atoms with Gasteiger partial charge in [0.25, 0.3) is 0 Å². The molecule has 0 bridgehead atoms. The van der Waals surface area contributed by atoms with E-state index >= 15 is 0 Å². The first-order chi connectivity index (χ1) is 20.2. The third-order valence-corrected chi connectivity index (χ3v) is 7.26. The van der Waals surface area contributed by atoms with Crippen LogP contribution in [0.5, 0.6) is 0 Å². The van der Waals surface area contributed by atoms with E-state index in [-0.39, 0.29) is 0 Å². The zero-order valence-electron chi connectivity index (χ0n) is 22.8. The van der Waals surface area contributed by atoms with E-state index in [1.165, 1.54) is 11.1 Å². The molecule has 0 aliphatic carbocycles. The Morgan fingerprint density at radius 1 is 0.415 bits per heavy atom. The van der Waals surface area contributed by atoms with E-state index in [2.05, 4.69) is 136 Å². The van der Waals surface area contributed by atoms with E-state index in [1.807, 2.05) is 31.3 Å². The van der Waals surface area contributed by atoms with Gasteiger partial charge in [-0.25, -0.2) is 0 Å². The summed E-state index contributed by atoms with van der Waals surface area (Å²) in [6.45, 7) is 0. The van der Waals surface area contributed by atoms with Crippen molar-refractivity contribution in [1.29, 1.82) is 0 Å². The third-order valence-electron chi connectivity index (χ3n) is 7.26. The molecule has 6 aromatic rings. The Morgan fingerprint density at radius 3 is 1.29 bits per heavy atom. The fourth-order valence-corrected chi connectivity index (χ4v) is 5.07. The van der Waals surface area contributed by atoms with Crippen molar-refractivity contribution in [1.82, 2.24) is 0 Å². The Hall–Kier alpha value is -5.48. The van der Waals surface area contributed by atoms with Crippen LogP contribution in [0, 0.1) is 4.91 Å². The van der Waals surface area contributed by atoms with Crippen molar-refractivity contribution in [2.75, 3.05) is 16.8 Å². The first-order valence-electron chi connectivity index (χ1n) is 13.6. The molecule has 4 heteroatoms. The normalized spacial score (nSPS) is 10.7. The van der Waals surface area contributed by atoms with Gasteiger partial charge in [-0.1, -0.05) is 84.9 Å². The molecule has 0 radical (unpaired) electrons. The lowest BCUT2D eigenvalue weighted by molar-refractivity contribution is 1.20. The van der Waals surface area contributed by atoms with Crippen LogP contribution in [-0.4, -0.2) is 7.05 Å². The minimum absolute atomic E-state index is 0.420. The van der Waals surface area contributed by atoms with Crippen LogP contribution in [0.25, 0.3) is 22.3 Å². The molecule has 0 amide bonds. The van der Waals surface area contributed by atoms with Crippen LogP contribution in [0.3, 0.4) is 0 Å². The second-order valence-electron chi connectivity index (χ2n) is 9.85. The van der Waals surface area contributed by atoms with E-state index in [9.17, 15) is 4.91 Å². The first kappa shape index (κ1) is 25.8. The molecule has 0 aliphatic rings. The van der Waals surface area contributed by atoms with E-state index in [4.69, 9.17) is 0 Å². The number of benzene rings is 6. The molecule has 0 saturated carbocycles. The van der Waals surface area contributed by atoms with Crippen LogP contribution in [0.1, 0.15) is 0 Å². The highest BCUT2D eigenvalue weighted by Crippen LogP contribution is 2.39. The van der Waals surface area contributed by atoms with Gasteiger partial charge in [0.2, 0.25) is 0 Å². The fourth-order valence-electron chi connectivity index (χ4n) is 5.07. The summed E-state index contributed by atoms with van der Waals surface area (Å²) in [5, 5.41) is 3.01. The van der Waals surface area contributed by atoms with Crippen molar-refractivity contribution in [3.05, 3.63) is 163 Å². The Bertz CT molecular complexity index is 1670. The fraction of sp³-hybridized carbons (Fsp3) is 0.0270. The lowest BCUT2D eigenvalue weighted by atomic mass is 10.0. The van der Waals surface area contributed by atoms with Gasteiger partial charge in [0.15, 0.2) is 0 Å². The third kappa shape index (κ3) is 5.63. The smallest absolute Gasteiger partial charge is 0.108 e. The molecular weight excluding hydrogens is 502 g/mol. The average molecular weight is 532 g/mol. The zero-order valence-corrected chi connectivity index (χ0v) is 22.8. The maximum Gasteiger partial charge on any atom is 0.108 e. The van der Waals surface area contributed by atoms with Gasteiger partial charge < -0.3 is 9.80 Å². The van der Waals surface area contributed by atoms with Crippen LogP contribution in [0.2, 0.25) is 0 Å². The summed E-state index contributed by atoms with van der Waals surface area (Å²) in [7, 11) is 2.02. The maximum atomic E-state index is 10.8. The van der Waals surface area contributed by atoms with E-state index in [1.54, 1.807) is 12.1 Å². The van der Waals surface area contributed by atoms with Gasteiger partial charge in [-0.05, 0) is 100 Å². The van der Waals surface area contributed by atoms with Gasteiger partial charge in [-0.15, -0.1) is 4.91 Å². The molecule has 4 nitrogen and oxygen atoms in total. The molecule has 0 aliphatic heterocycles. The van der Waals surface area contributed by atoms with Gasteiger partial charge in [0.05, 0.1) is 0 Å². The number of rotatable bonds is 8. The summed E-state index contributed by atoms with van der Waals surface area (Å²) < 4.78 is 0. The van der Waals surface area contributed by atoms with Gasteiger partial charge >= 0.3 is 0 Å². The Kier molecular flexibility index (Phi) is 7.37. The summed E-state index contributed by atoms with van der Waals surface area (Å²) in [5.74, 6) is 0.